The number of hydrogen-bond acceptors (Lipinski definition) is 2. The topological polar surface area (TPSA) is 49.3 Å². The van der Waals surface area contributed by atoms with Gasteiger partial charge in [-0.15, -0.1) is 0 Å². The summed E-state index contributed by atoms with van der Waals surface area (Å²) in [4.78, 5) is 10.8. The highest BCUT2D eigenvalue weighted by Gasteiger charge is 2.30. The molecule has 0 radical (unpaired) electrons. The van der Waals surface area contributed by atoms with Crippen molar-refractivity contribution in [3.8, 4) is 0 Å². The van der Waals surface area contributed by atoms with E-state index in [2.05, 4.69) is 19.2 Å². The Balaban J connectivity index is 4.43. The fourth-order valence-corrected chi connectivity index (χ4v) is 1.81. The Morgan fingerprint density at radius 1 is 1.50 bits per heavy atom. The molecule has 0 saturated heterocycles. The van der Waals surface area contributed by atoms with Crippen molar-refractivity contribution in [1.82, 2.24) is 5.32 Å². The van der Waals surface area contributed by atoms with E-state index < -0.39 is 5.97 Å². The standard InChI is InChI=1S/C11H23NO2/c1-5-9(3)7-11(6-2,12-4)8-10(13)14/h9,12H,5-8H2,1-4H3,(H,13,14). The van der Waals surface area contributed by atoms with Crippen LogP contribution in [0.3, 0.4) is 0 Å². The van der Waals surface area contributed by atoms with E-state index in [-0.39, 0.29) is 12.0 Å². The maximum atomic E-state index is 10.8. The molecule has 0 aromatic carbocycles. The van der Waals surface area contributed by atoms with Crippen molar-refractivity contribution in [1.29, 1.82) is 0 Å². The summed E-state index contributed by atoms with van der Waals surface area (Å²) in [5, 5.41) is 12.0. The van der Waals surface area contributed by atoms with Gasteiger partial charge in [0.15, 0.2) is 0 Å². The van der Waals surface area contributed by atoms with E-state index in [1.165, 1.54) is 0 Å². The lowest BCUT2D eigenvalue weighted by molar-refractivity contribution is -0.139. The summed E-state index contributed by atoms with van der Waals surface area (Å²) in [6, 6.07) is 0. The molecule has 0 aliphatic carbocycles. The van der Waals surface area contributed by atoms with Crippen molar-refractivity contribution in [2.75, 3.05) is 7.05 Å². The first kappa shape index (κ1) is 13.4. The van der Waals surface area contributed by atoms with Gasteiger partial charge in [0.05, 0.1) is 6.42 Å². The highest BCUT2D eigenvalue weighted by Crippen LogP contribution is 2.25. The molecule has 0 fully saturated rings. The molecule has 0 heterocycles. The SMILES string of the molecule is CCC(C)CC(CC)(CC(=O)O)NC. The Hall–Kier alpha value is -0.570. The third-order valence-corrected chi connectivity index (χ3v) is 3.13. The second-order valence-corrected chi connectivity index (χ2v) is 4.17. The summed E-state index contributed by atoms with van der Waals surface area (Å²) in [6.07, 6.45) is 3.11. The summed E-state index contributed by atoms with van der Waals surface area (Å²) in [5.41, 5.74) is -0.221. The highest BCUT2D eigenvalue weighted by atomic mass is 16.4. The molecular weight excluding hydrogens is 178 g/mol. The Morgan fingerprint density at radius 2 is 2.07 bits per heavy atom. The lowest BCUT2D eigenvalue weighted by atomic mass is 9.82. The van der Waals surface area contributed by atoms with Crippen LogP contribution in [0.25, 0.3) is 0 Å². The number of rotatable bonds is 7. The van der Waals surface area contributed by atoms with Gasteiger partial charge in [0.2, 0.25) is 0 Å². The Bertz CT molecular complexity index is 176. The summed E-state index contributed by atoms with van der Waals surface area (Å²) < 4.78 is 0. The van der Waals surface area contributed by atoms with Gasteiger partial charge in [0, 0.05) is 5.54 Å². The molecule has 0 aromatic rings. The smallest absolute Gasteiger partial charge is 0.305 e. The first-order chi connectivity index (χ1) is 6.49. The van der Waals surface area contributed by atoms with Crippen LogP contribution in [0.15, 0.2) is 0 Å². The Labute approximate surface area is 86.9 Å². The van der Waals surface area contributed by atoms with E-state index in [1.807, 2.05) is 14.0 Å². The quantitative estimate of drug-likeness (QED) is 0.664. The van der Waals surface area contributed by atoms with Crippen LogP contribution in [0.1, 0.15) is 46.5 Å². The number of aliphatic carboxylic acids is 1. The number of hydrogen-bond donors (Lipinski definition) is 2. The predicted octanol–water partition coefficient (Wildman–Crippen LogP) is 2.27. The normalized spacial score (nSPS) is 17.4. The molecule has 0 saturated carbocycles. The van der Waals surface area contributed by atoms with Crippen LogP contribution in [0, 0.1) is 5.92 Å². The first-order valence-electron chi connectivity index (χ1n) is 5.40. The van der Waals surface area contributed by atoms with E-state index >= 15 is 0 Å². The van der Waals surface area contributed by atoms with Gasteiger partial charge in [-0.05, 0) is 25.8 Å². The molecule has 2 atom stereocenters. The van der Waals surface area contributed by atoms with Crippen molar-refractivity contribution < 1.29 is 9.90 Å². The van der Waals surface area contributed by atoms with Crippen LogP contribution in [0.4, 0.5) is 0 Å². The summed E-state index contributed by atoms with van der Waals surface area (Å²) in [6.45, 7) is 6.35. The van der Waals surface area contributed by atoms with Crippen LogP contribution < -0.4 is 5.32 Å². The average molecular weight is 201 g/mol. The fraction of sp³-hybridized carbons (Fsp3) is 0.909. The van der Waals surface area contributed by atoms with Crippen LogP contribution in [0.2, 0.25) is 0 Å². The molecule has 0 amide bonds. The number of nitrogens with one attached hydrogen (secondary N) is 1. The zero-order chi connectivity index (χ0) is 11.2. The molecule has 3 nitrogen and oxygen atoms in total. The van der Waals surface area contributed by atoms with Crippen LogP contribution in [-0.4, -0.2) is 23.7 Å². The number of carboxylic acids is 1. The van der Waals surface area contributed by atoms with Crippen molar-refractivity contribution in [3.63, 3.8) is 0 Å². The van der Waals surface area contributed by atoms with Gasteiger partial charge < -0.3 is 10.4 Å². The summed E-state index contributed by atoms with van der Waals surface area (Å²) in [7, 11) is 1.86. The molecule has 3 heteroatoms. The molecule has 2 unspecified atom stereocenters. The molecule has 0 aliphatic heterocycles. The lowest BCUT2D eigenvalue weighted by Crippen LogP contribution is -2.45. The predicted molar refractivity (Wildman–Crippen MR) is 58.4 cm³/mol. The molecule has 2 N–H and O–H groups in total. The molecule has 0 spiro atoms. The van der Waals surface area contributed by atoms with E-state index in [4.69, 9.17) is 5.11 Å². The molecule has 0 aliphatic rings. The molecule has 84 valence electrons. The van der Waals surface area contributed by atoms with Gasteiger partial charge >= 0.3 is 5.97 Å². The van der Waals surface area contributed by atoms with Gasteiger partial charge in [0.25, 0.3) is 0 Å². The van der Waals surface area contributed by atoms with E-state index in [0.717, 1.165) is 19.3 Å². The van der Waals surface area contributed by atoms with Crippen LogP contribution in [-0.2, 0) is 4.79 Å². The third-order valence-electron chi connectivity index (χ3n) is 3.13. The number of carboxylic acid groups (broad SMARTS) is 1. The second-order valence-electron chi connectivity index (χ2n) is 4.17. The Kier molecular flexibility index (Phi) is 5.77. The minimum Gasteiger partial charge on any atom is -0.481 e. The zero-order valence-corrected chi connectivity index (χ0v) is 9.76. The van der Waals surface area contributed by atoms with Gasteiger partial charge in [0.1, 0.15) is 0 Å². The summed E-state index contributed by atoms with van der Waals surface area (Å²) in [5.74, 6) is -0.147. The minimum absolute atomic E-state index is 0.213. The first-order valence-corrected chi connectivity index (χ1v) is 5.40. The van der Waals surface area contributed by atoms with Crippen molar-refractivity contribution >= 4 is 5.97 Å². The van der Waals surface area contributed by atoms with Crippen LogP contribution in [0.5, 0.6) is 0 Å². The van der Waals surface area contributed by atoms with Crippen molar-refractivity contribution in [2.45, 2.75) is 52.0 Å². The summed E-state index contributed by atoms with van der Waals surface area (Å²) >= 11 is 0. The van der Waals surface area contributed by atoms with E-state index in [0.29, 0.717) is 5.92 Å². The van der Waals surface area contributed by atoms with Gasteiger partial charge in [-0.1, -0.05) is 27.2 Å². The highest BCUT2D eigenvalue weighted by molar-refractivity contribution is 5.68. The van der Waals surface area contributed by atoms with E-state index in [1.54, 1.807) is 0 Å². The largest absolute Gasteiger partial charge is 0.481 e. The molecule has 14 heavy (non-hydrogen) atoms. The van der Waals surface area contributed by atoms with Crippen molar-refractivity contribution in [3.05, 3.63) is 0 Å². The maximum absolute atomic E-state index is 10.8. The minimum atomic E-state index is -0.718. The fourth-order valence-electron chi connectivity index (χ4n) is 1.81. The molecule has 0 rings (SSSR count). The maximum Gasteiger partial charge on any atom is 0.305 e. The Morgan fingerprint density at radius 3 is 2.36 bits per heavy atom. The molecule has 0 bridgehead atoms. The molecular formula is C11H23NO2. The number of carbonyl (C=O) groups is 1. The zero-order valence-electron chi connectivity index (χ0n) is 9.76. The van der Waals surface area contributed by atoms with E-state index in [9.17, 15) is 4.79 Å². The lowest BCUT2D eigenvalue weighted by Gasteiger charge is -2.33. The van der Waals surface area contributed by atoms with Gasteiger partial charge in [-0.3, -0.25) is 4.79 Å². The average Bonchev–Trinajstić information content (AvgIpc) is 2.15. The van der Waals surface area contributed by atoms with Crippen molar-refractivity contribution in [2.24, 2.45) is 5.92 Å². The monoisotopic (exact) mass is 201 g/mol. The van der Waals surface area contributed by atoms with Gasteiger partial charge in [-0.25, -0.2) is 0 Å². The molecule has 0 aromatic heterocycles. The third kappa shape index (κ3) is 4.09. The van der Waals surface area contributed by atoms with Crippen LogP contribution >= 0.6 is 0 Å². The van der Waals surface area contributed by atoms with Gasteiger partial charge in [-0.2, -0.15) is 0 Å². The second kappa shape index (κ2) is 6.02.